The van der Waals surface area contributed by atoms with Crippen LogP contribution in [-0.4, -0.2) is 55.1 Å². The Balaban J connectivity index is 1.83. The van der Waals surface area contributed by atoms with Crippen LogP contribution in [0.5, 0.6) is 0 Å². The Labute approximate surface area is 154 Å². The molecule has 2 aliphatic rings. The number of carbonyl (C=O) groups excluding carboxylic acids is 2. The average Bonchev–Trinajstić information content (AvgIpc) is 3.16. The zero-order chi connectivity index (χ0) is 18.7. The highest BCUT2D eigenvalue weighted by molar-refractivity contribution is 7.89. The van der Waals surface area contributed by atoms with Crippen molar-refractivity contribution in [2.45, 2.75) is 50.0 Å². The van der Waals surface area contributed by atoms with E-state index in [1.54, 1.807) is 17.0 Å². The van der Waals surface area contributed by atoms with Crippen LogP contribution in [-0.2, 0) is 19.6 Å². The summed E-state index contributed by atoms with van der Waals surface area (Å²) >= 11 is 0. The normalized spacial score (nSPS) is 21.6. The zero-order valence-electron chi connectivity index (χ0n) is 15.0. The molecule has 7 nitrogen and oxygen atoms in total. The highest BCUT2D eigenvalue weighted by Crippen LogP contribution is 2.28. The van der Waals surface area contributed by atoms with Crippen molar-refractivity contribution < 1.29 is 18.0 Å². The standard InChI is InChI=1S/C18H25N3O4S/c1-14(22)19-15-7-9-16(10-8-15)26(24,25)21-13-3-2-6-17(21)18(23)20-11-4-5-12-20/h7-10,17H,2-6,11-13H2,1H3,(H,19,22)/t17-/m1/s1. The van der Waals surface area contributed by atoms with E-state index in [0.29, 0.717) is 31.7 Å². The summed E-state index contributed by atoms with van der Waals surface area (Å²) in [5.74, 6) is -0.284. The summed E-state index contributed by atoms with van der Waals surface area (Å²) in [6.45, 7) is 3.19. The Bertz CT molecular complexity index is 770. The molecule has 0 radical (unpaired) electrons. The molecule has 0 aromatic heterocycles. The third kappa shape index (κ3) is 3.91. The molecule has 0 saturated carbocycles. The van der Waals surface area contributed by atoms with E-state index in [0.717, 1.165) is 25.7 Å². The van der Waals surface area contributed by atoms with Gasteiger partial charge in [-0.2, -0.15) is 4.31 Å². The number of anilines is 1. The summed E-state index contributed by atoms with van der Waals surface area (Å²) in [5, 5.41) is 2.62. The smallest absolute Gasteiger partial charge is 0.243 e. The summed E-state index contributed by atoms with van der Waals surface area (Å²) in [6, 6.07) is 5.48. The van der Waals surface area contributed by atoms with Gasteiger partial charge in [0.25, 0.3) is 0 Å². The van der Waals surface area contributed by atoms with Crippen molar-refractivity contribution in [2.24, 2.45) is 0 Å². The number of amides is 2. The second-order valence-corrected chi connectivity index (χ2v) is 8.76. The molecule has 2 saturated heterocycles. The molecule has 1 aromatic rings. The predicted molar refractivity (Wildman–Crippen MR) is 98.1 cm³/mol. The van der Waals surface area contributed by atoms with E-state index in [9.17, 15) is 18.0 Å². The number of benzene rings is 1. The highest BCUT2D eigenvalue weighted by atomic mass is 32.2. The zero-order valence-corrected chi connectivity index (χ0v) is 15.8. The van der Waals surface area contributed by atoms with Crippen LogP contribution in [0.2, 0.25) is 0 Å². The lowest BCUT2D eigenvalue weighted by atomic mass is 10.0. The molecule has 8 heteroatoms. The maximum atomic E-state index is 13.1. The van der Waals surface area contributed by atoms with Crippen LogP contribution in [0.15, 0.2) is 29.2 Å². The highest BCUT2D eigenvalue weighted by Gasteiger charge is 2.39. The van der Waals surface area contributed by atoms with Gasteiger partial charge in [-0.15, -0.1) is 0 Å². The number of nitrogens with one attached hydrogen (secondary N) is 1. The van der Waals surface area contributed by atoms with Crippen molar-refractivity contribution in [1.82, 2.24) is 9.21 Å². The number of piperidine rings is 1. The first-order chi connectivity index (χ1) is 12.4. The van der Waals surface area contributed by atoms with Crippen LogP contribution in [0.4, 0.5) is 5.69 Å². The Morgan fingerprint density at radius 3 is 2.23 bits per heavy atom. The summed E-state index contributed by atoms with van der Waals surface area (Å²) in [7, 11) is -3.76. The van der Waals surface area contributed by atoms with Crippen LogP contribution in [0.25, 0.3) is 0 Å². The van der Waals surface area contributed by atoms with Gasteiger partial charge in [0.1, 0.15) is 6.04 Å². The maximum absolute atomic E-state index is 13.1. The molecular weight excluding hydrogens is 354 g/mol. The molecule has 1 N–H and O–H groups in total. The van der Waals surface area contributed by atoms with Gasteiger partial charge < -0.3 is 10.2 Å². The van der Waals surface area contributed by atoms with E-state index in [4.69, 9.17) is 0 Å². The maximum Gasteiger partial charge on any atom is 0.243 e. The fourth-order valence-corrected chi connectivity index (χ4v) is 5.29. The molecule has 2 fully saturated rings. The Morgan fingerprint density at radius 1 is 1.00 bits per heavy atom. The van der Waals surface area contributed by atoms with E-state index >= 15 is 0 Å². The molecule has 0 spiro atoms. The van der Waals surface area contributed by atoms with Crippen molar-refractivity contribution in [3.63, 3.8) is 0 Å². The van der Waals surface area contributed by atoms with E-state index in [-0.39, 0.29) is 16.7 Å². The number of hydrogen-bond donors (Lipinski definition) is 1. The van der Waals surface area contributed by atoms with Gasteiger partial charge in [0.05, 0.1) is 4.90 Å². The Morgan fingerprint density at radius 2 is 1.62 bits per heavy atom. The molecular formula is C18H25N3O4S. The number of rotatable bonds is 4. The summed E-state index contributed by atoms with van der Waals surface area (Å²) < 4.78 is 27.6. The molecule has 2 amide bonds. The first kappa shape index (κ1) is 18.8. The van der Waals surface area contributed by atoms with E-state index < -0.39 is 16.1 Å². The molecule has 1 aromatic carbocycles. The monoisotopic (exact) mass is 379 g/mol. The number of carbonyl (C=O) groups is 2. The van der Waals surface area contributed by atoms with Gasteiger partial charge in [-0.05, 0) is 49.9 Å². The topological polar surface area (TPSA) is 86.8 Å². The lowest BCUT2D eigenvalue weighted by Gasteiger charge is -2.35. The van der Waals surface area contributed by atoms with E-state index in [1.165, 1.54) is 23.4 Å². The van der Waals surface area contributed by atoms with Crippen LogP contribution < -0.4 is 5.32 Å². The molecule has 0 unspecified atom stereocenters. The second kappa shape index (κ2) is 7.75. The molecule has 3 rings (SSSR count). The van der Waals surface area contributed by atoms with Crippen molar-refractivity contribution in [1.29, 1.82) is 0 Å². The number of hydrogen-bond acceptors (Lipinski definition) is 4. The minimum absolute atomic E-state index is 0.0689. The summed E-state index contributed by atoms with van der Waals surface area (Å²) in [5.41, 5.74) is 0.541. The van der Waals surface area contributed by atoms with Crippen molar-refractivity contribution in [2.75, 3.05) is 25.0 Å². The molecule has 2 heterocycles. The first-order valence-corrected chi connectivity index (χ1v) is 10.5. The molecule has 1 atom stereocenters. The molecule has 0 bridgehead atoms. The van der Waals surface area contributed by atoms with Crippen LogP contribution in [0, 0.1) is 0 Å². The molecule has 0 aliphatic carbocycles. The quantitative estimate of drug-likeness (QED) is 0.864. The van der Waals surface area contributed by atoms with Crippen molar-refractivity contribution in [3.8, 4) is 0 Å². The Kier molecular flexibility index (Phi) is 5.62. The molecule has 26 heavy (non-hydrogen) atoms. The number of nitrogens with zero attached hydrogens (tertiary/aromatic N) is 2. The van der Waals surface area contributed by atoms with E-state index in [2.05, 4.69) is 5.32 Å². The largest absolute Gasteiger partial charge is 0.341 e. The van der Waals surface area contributed by atoms with Gasteiger partial charge >= 0.3 is 0 Å². The van der Waals surface area contributed by atoms with Gasteiger partial charge in [-0.3, -0.25) is 9.59 Å². The van der Waals surface area contributed by atoms with Crippen LogP contribution >= 0.6 is 0 Å². The summed E-state index contributed by atoms with van der Waals surface area (Å²) in [4.78, 5) is 25.9. The number of likely N-dealkylation sites (tertiary alicyclic amines) is 1. The second-order valence-electron chi connectivity index (χ2n) is 6.87. The molecule has 2 aliphatic heterocycles. The predicted octanol–water partition coefficient (Wildman–Crippen LogP) is 1.81. The van der Waals surface area contributed by atoms with Gasteiger partial charge in [0.2, 0.25) is 21.8 Å². The van der Waals surface area contributed by atoms with Gasteiger partial charge in [-0.25, -0.2) is 8.42 Å². The lowest BCUT2D eigenvalue weighted by molar-refractivity contribution is -0.135. The van der Waals surface area contributed by atoms with Gasteiger partial charge in [0.15, 0.2) is 0 Å². The van der Waals surface area contributed by atoms with Crippen LogP contribution in [0.1, 0.15) is 39.0 Å². The third-order valence-electron chi connectivity index (χ3n) is 4.94. The Hall–Kier alpha value is -1.93. The lowest BCUT2D eigenvalue weighted by Crippen LogP contribution is -2.52. The minimum Gasteiger partial charge on any atom is -0.341 e. The van der Waals surface area contributed by atoms with E-state index in [1.807, 2.05) is 0 Å². The fraction of sp³-hybridized carbons (Fsp3) is 0.556. The minimum atomic E-state index is -3.76. The third-order valence-corrected chi connectivity index (χ3v) is 6.86. The van der Waals surface area contributed by atoms with Crippen molar-refractivity contribution >= 4 is 27.5 Å². The van der Waals surface area contributed by atoms with Crippen molar-refractivity contribution in [3.05, 3.63) is 24.3 Å². The SMILES string of the molecule is CC(=O)Nc1ccc(S(=O)(=O)N2CCCC[C@@H]2C(=O)N2CCCC2)cc1. The first-order valence-electron chi connectivity index (χ1n) is 9.08. The number of sulfonamides is 1. The fourth-order valence-electron chi connectivity index (χ4n) is 3.64. The molecule has 142 valence electrons. The van der Waals surface area contributed by atoms with Gasteiger partial charge in [-0.1, -0.05) is 6.42 Å². The van der Waals surface area contributed by atoms with Crippen LogP contribution in [0.3, 0.4) is 0 Å². The summed E-state index contributed by atoms with van der Waals surface area (Å²) in [6.07, 6.45) is 4.15. The van der Waals surface area contributed by atoms with Gasteiger partial charge in [0, 0.05) is 32.2 Å². The average molecular weight is 379 g/mol.